The van der Waals surface area contributed by atoms with Crippen molar-refractivity contribution in [2.24, 2.45) is 0 Å². The maximum atomic E-state index is 13.8. The molecule has 2 N–H and O–H groups in total. The third kappa shape index (κ3) is 4.03. The number of halogens is 1. The van der Waals surface area contributed by atoms with E-state index in [9.17, 15) is 9.18 Å². The quantitative estimate of drug-likeness (QED) is 0.716. The van der Waals surface area contributed by atoms with Crippen LogP contribution in [-0.2, 0) is 4.79 Å². The normalized spacial score (nSPS) is 12.1. The zero-order valence-electron chi connectivity index (χ0n) is 14.3. The summed E-state index contributed by atoms with van der Waals surface area (Å²) in [7, 11) is 0. The van der Waals surface area contributed by atoms with Gasteiger partial charge in [-0.25, -0.2) is 4.39 Å². The average Bonchev–Trinajstić information content (AvgIpc) is 2.61. The van der Waals surface area contributed by atoms with Gasteiger partial charge in [-0.05, 0) is 47.9 Å². The number of amides is 1. The number of carbonyl (C=O) groups excluding carboxylic acids is 1. The summed E-state index contributed by atoms with van der Waals surface area (Å²) in [4.78, 5) is 12.1. The van der Waals surface area contributed by atoms with Gasteiger partial charge in [-0.1, -0.05) is 48.5 Å². The van der Waals surface area contributed by atoms with Crippen molar-refractivity contribution in [2.45, 2.75) is 19.9 Å². The summed E-state index contributed by atoms with van der Waals surface area (Å²) in [6.45, 7) is 3.93. The molecule has 128 valence electrons. The largest absolute Gasteiger partial charge is 0.322 e. The Morgan fingerprint density at radius 2 is 1.84 bits per heavy atom. The van der Waals surface area contributed by atoms with Crippen LogP contribution in [0.4, 0.5) is 10.1 Å². The van der Waals surface area contributed by atoms with E-state index < -0.39 is 5.82 Å². The van der Waals surface area contributed by atoms with Crippen molar-refractivity contribution in [2.75, 3.05) is 11.9 Å². The first kappa shape index (κ1) is 17.1. The molecule has 0 aliphatic heterocycles. The Balaban J connectivity index is 1.65. The van der Waals surface area contributed by atoms with Crippen molar-refractivity contribution in [1.82, 2.24) is 5.32 Å². The summed E-state index contributed by atoms with van der Waals surface area (Å²) >= 11 is 0. The summed E-state index contributed by atoms with van der Waals surface area (Å²) in [5.74, 6) is -0.690. The van der Waals surface area contributed by atoms with Gasteiger partial charge in [0.25, 0.3) is 0 Å². The number of hydrogen-bond acceptors (Lipinski definition) is 2. The van der Waals surface area contributed by atoms with Crippen LogP contribution in [-0.4, -0.2) is 12.5 Å². The zero-order chi connectivity index (χ0) is 17.8. The molecule has 3 aromatic rings. The lowest BCUT2D eigenvalue weighted by Gasteiger charge is -2.16. The molecular formula is C21H21FN2O. The highest BCUT2D eigenvalue weighted by atomic mass is 19.1. The molecule has 0 fully saturated rings. The van der Waals surface area contributed by atoms with Crippen molar-refractivity contribution < 1.29 is 9.18 Å². The Bertz CT molecular complexity index is 902. The summed E-state index contributed by atoms with van der Waals surface area (Å²) in [5.41, 5.74) is 2.15. The highest BCUT2D eigenvalue weighted by Crippen LogP contribution is 2.24. The molecule has 0 aliphatic carbocycles. The Labute approximate surface area is 146 Å². The van der Waals surface area contributed by atoms with Crippen molar-refractivity contribution in [1.29, 1.82) is 0 Å². The van der Waals surface area contributed by atoms with Gasteiger partial charge in [0, 0.05) is 6.04 Å². The van der Waals surface area contributed by atoms with E-state index >= 15 is 0 Å². The third-order valence-electron chi connectivity index (χ3n) is 4.26. The van der Waals surface area contributed by atoms with Crippen molar-refractivity contribution in [3.8, 4) is 0 Å². The van der Waals surface area contributed by atoms with Crippen LogP contribution in [0.15, 0.2) is 60.7 Å². The first-order valence-electron chi connectivity index (χ1n) is 8.31. The number of aryl methyl sites for hydroxylation is 1. The van der Waals surface area contributed by atoms with Crippen molar-refractivity contribution in [3.63, 3.8) is 0 Å². The highest BCUT2D eigenvalue weighted by Gasteiger charge is 2.12. The molecule has 1 atom stereocenters. The molecule has 0 saturated carbocycles. The molecule has 0 heterocycles. The molecule has 3 nitrogen and oxygen atoms in total. The highest BCUT2D eigenvalue weighted by molar-refractivity contribution is 5.92. The van der Waals surface area contributed by atoms with E-state index in [0.29, 0.717) is 0 Å². The molecule has 0 saturated heterocycles. The molecule has 0 aliphatic rings. The molecule has 3 aromatic carbocycles. The Morgan fingerprint density at radius 1 is 1.08 bits per heavy atom. The average molecular weight is 336 g/mol. The van der Waals surface area contributed by atoms with Gasteiger partial charge in [-0.2, -0.15) is 0 Å². The lowest BCUT2D eigenvalue weighted by Crippen LogP contribution is -2.30. The van der Waals surface area contributed by atoms with Crippen LogP contribution in [0, 0.1) is 12.7 Å². The number of hydrogen-bond donors (Lipinski definition) is 2. The predicted octanol–water partition coefficient (Wildman–Crippen LogP) is 4.58. The van der Waals surface area contributed by atoms with Crippen LogP contribution in [0.25, 0.3) is 10.8 Å². The lowest BCUT2D eigenvalue weighted by atomic mass is 10.00. The molecule has 0 radical (unpaired) electrons. The molecule has 4 heteroatoms. The van der Waals surface area contributed by atoms with Crippen molar-refractivity contribution >= 4 is 22.4 Å². The van der Waals surface area contributed by atoms with E-state index in [1.165, 1.54) is 11.5 Å². The zero-order valence-corrected chi connectivity index (χ0v) is 14.3. The van der Waals surface area contributed by atoms with Crippen LogP contribution in [0.1, 0.15) is 24.1 Å². The third-order valence-corrected chi connectivity index (χ3v) is 4.26. The second-order valence-corrected chi connectivity index (χ2v) is 6.20. The Hall–Kier alpha value is -2.72. The molecule has 25 heavy (non-hydrogen) atoms. The van der Waals surface area contributed by atoms with Gasteiger partial charge in [-0.15, -0.1) is 0 Å². The number of anilines is 1. The van der Waals surface area contributed by atoms with Crippen LogP contribution in [0.3, 0.4) is 0 Å². The van der Waals surface area contributed by atoms with Gasteiger partial charge in [0.1, 0.15) is 5.82 Å². The van der Waals surface area contributed by atoms with E-state index in [1.54, 1.807) is 12.1 Å². The molecule has 3 rings (SSSR count). The molecule has 0 spiro atoms. The van der Waals surface area contributed by atoms with Gasteiger partial charge in [0.15, 0.2) is 0 Å². The number of carbonyl (C=O) groups is 1. The summed E-state index contributed by atoms with van der Waals surface area (Å²) in [6.07, 6.45) is 0. The summed E-state index contributed by atoms with van der Waals surface area (Å²) < 4.78 is 13.8. The van der Waals surface area contributed by atoms with Crippen LogP contribution < -0.4 is 10.6 Å². The number of fused-ring (bicyclic) bond motifs is 1. The molecule has 1 amide bonds. The van der Waals surface area contributed by atoms with E-state index in [0.717, 1.165) is 16.5 Å². The first-order chi connectivity index (χ1) is 12.0. The summed E-state index contributed by atoms with van der Waals surface area (Å²) in [5, 5.41) is 8.14. The minimum absolute atomic E-state index is 0.000264. The first-order valence-corrected chi connectivity index (χ1v) is 8.31. The maximum Gasteiger partial charge on any atom is 0.238 e. The Kier molecular flexibility index (Phi) is 5.10. The lowest BCUT2D eigenvalue weighted by molar-refractivity contribution is -0.115. The van der Waals surface area contributed by atoms with Gasteiger partial charge >= 0.3 is 0 Å². The predicted molar refractivity (Wildman–Crippen MR) is 100 cm³/mol. The standard InChI is InChI=1S/C21H21FN2O/c1-14-10-11-20(19(22)12-14)24-21(25)13-23-15(2)17-9-5-7-16-6-3-4-8-18(16)17/h3-12,15,23H,13H2,1-2H3,(H,24,25)/t15-/m0/s1. The van der Waals surface area contributed by atoms with Crippen LogP contribution in [0.2, 0.25) is 0 Å². The van der Waals surface area contributed by atoms with Gasteiger partial charge < -0.3 is 10.6 Å². The van der Waals surface area contributed by atoms with E-state index in [-0.39, 0.29) is 24.2 Å². The Morgan fingerprint density at radius 3 is 2.64 bits per heavy atom. The topological polar surface area (TPSA) is 41.1 Å². The molecule has 0 aromatic heterocycles. The van der Waals surface area contributed by atoms with Gasteiger partial charge in [-0.3, -0.25) is 4.79 Å². The number of benzene rings is 3. The summed E-state index contributed by atoms with van der Waals surface area (Å²) in [6, 6.07) is 19.0. The van der Waals surface area contributed by atoms with Gasteiger partial charge in [0.2, 0.25) is 5.91 Å². The second-order valence-electron chi connectivity index (χ2n) is 6.20. The fourth-order valence-electron chi connectivity index (χ4n) is 2.90. The van der Waals surface area contributed by atoms with Gasteiger partial charge in [0.05, 0.1) is 12.2 Å². The molecular weight excluding hydrogens is 315 g/mol. The van der Waals surface area contributed by atoms with E-state index in [1.807, 2.05) is 32.0 Å². The smallest absolute Gasteiger partial charge is 0.238 e. The van der Waals surface area contributed by atoms with E-state index in [2.05, 4.69) is 34.9 Å². The fraction of sp³-hybridized carbons (Fsp3) is 0.190. The molecule has 0 unspecified atom stereocenters. The second kappa shape index (κ2) is 7.45. The van der Waals surface area contributed by atoms with Crippen LogP contribution in [0.5, 0.6) is 0 Å². The van der Waals surface area contributed by atoms with Crippen LogP contribution >= 0.6 is 0 Å². The monoisotopic (exact) mass is 336 g/mol. The van der Waals surface area contributed by atoms with E-state index in [4.69, 9.17) is 0 Å². The minimum Gasteiger partial charge on any atom is -0.322 e. The SMILES string of the molecule is Cc1ccc(NC(=O)CN[C@@H](C)c2cccc3ccccc23)c(F)c1. The maximum absolute atomic E-state index is 13.8. The van der Waals surface area contributed by atoms with Crippen molar-refractivity contribution in [3.05, 3.63) is 77.6 Å². The number of nitrogens with one attached hydrogen (secondary N) is 2. The number of rotatable bonds is 5. The molecule has 0 bridgehead atoms. The minimum atomic E-state index is -0.421. The fourth-order valence-corrected chi connectivity index (χ4v) is 2.90.